The molecule has 0 aliphatic rings. The van der Waals surface area contributed by atoms with E-state index in [2.05, 4.69) is 21.3 Å². The number of anilines is 1. The molecule has 4 heteroatoms. The Labute approximate surface area is 96.9 Å². The molecule has 0 fully saturated rings. The molecule has 86 valence electrons. The van der Waals surface area contributed by atoms with Crippen molar-refractivity contribution in [1.82, 2.24) is 9.88 Å². The lowest BCUT2D eigenvalue weighted by Crippen LogP contribution is -2.28. The lowest BCUT2D eigenvalue weighted by atomic mass is 10.2. The zero-order valence-electron chi connectivity index (χ0n) is 10.1. The molecule has 1 aromatic rings. The SMILES string of the molecule is CNc1ccnc(CN(C)C(C)CC#N)c1. The van der Waals surface area contributed by atoms with Crippen molar-refractivity contribution in [1.29, 1.82) is 5.26 Å². The van der Waals surface area contributed by atoms with Gasteiger partial charge < -0.3 is 5.32 Å². The Balaban J connectivity index is 2.62. The quantitative estimate of drug-likeness (QED) is 0.819. The van der Waals surface area contributed by atoms with Gasteiger partial charge >= 0.3 is 0 Å². The molecule has 1 N–H and O–H groups in total. The molecule has 0 bridgehead atoms. The molecular formula is C12H18N4. The normalized spacial score (nSPS) is 12.2. The molecular weight excluding hydrogens is 200 g/mol. The van der Waals surface area contributed by atoms with Crippen molar-refractivity contribution in [2.24, 2.45) is 0 Å². The molecule has 1 unspecified atom stereocenters. The van der Waals surface area contributed by atoms with Gasteiger partial charge in [0.2, 0.25) is 0 Å². The van der Waals surface area contributed by atoms with Crippen LogP contribution < -0.4 is 5.32 Å². The van der Waals surface area contributed by atoms with Gasteiger partial charge in [0, 0.05) is 31.5 Å². The van der Waals surface area contributed by atoms with Gasteiger partial charge in [-0.15, -0.1) is 0 Å². The second kappa shape index (κ2) is 6.09. The number of aromatic nitrogens is 1. The number of hydrogen-bond donors (Lipinski definition) is 1. The van der Waals surface area contributed by atoms with Crippen molar-refractivity contribution in [3.63, 3.8) is 0 Å². The van der Waals surface area contributed by atoms with E-state index >= 15 is 0 Å². The van der Waals surface area contributed by atoms with Gasteiger partial charge in [-0.05, 0) is 26.1 Å². The average Bonchev–Trinajstić information content (AvgIpc) is 2.29. The lowest BCUT2D eigenvalue weighted by molar-refractivity contribution is 0.249. The van der Waals surface area contributed by atoms with Crippen LogP contribution in [0, 0.1) is 11.3 Å². The van der Waals surface area contributed by atoms with Crippen LogP contribution in [0.25, 0.3) is 0 Å². The molecule has 0 spiro atoms. The Morgan fingerprint density at radius 1 is 1.62 bits per heavy atom. The molecule has 1 heterocycles. The summed E-state index contributed by atoms with van der Waals surface area (Å²) in [7, 11) is 3.90. The topological polar surface area (TPSA) is 52.0 Å². The van der Waals surface area contributed by atoms with Crippen LogP contribution in [-0.2, 0) is 6.54 Å². The summed E-state index contributed by atoms with van der Waals surface area (Å²) in [6.45, 7) is 2.81. The monoisotopic (exact) mass is 218 g/mol. The highest BCUT2D eigenvalue weighted by molar-refractivity contribution is 5.42. The molecule has 0 saturated carbocycles. The van der Waals surface area contributed by atoms with Crippen molar-refractivity contribution in [3.8, 4) is 6.07 Å². The molecule has 0 aliphatic heterocycles. The Kier molecular flexibility index (Phi) is 4.74. The Hall–Kier alpha value is -1.60. The maximum absolute atomic E-state index is 8.63. The summed E-state index contributed by atoms with van der Waals surface area (Å²) in [6, 6.07) is 6.39. The molecule has 1 rings (SSSR count). The number of rotatable bonds is 5. The predicted molar refractivity (Wildman–Crippen MR) is 64.9 cm³/mol. The van der Waals surface area contributed by atoms with E-state index in [1.807, 2.05) is 33.2 Å². The van der Waals surface area contributed by atoms with Crippen LogP contribution in [0.2, 0.25) is 0 Å². The van der Waals surface area contributed by atoms with Crippen molar-refractivity contribution in [3.05, 3.63) is 24.0 Å². The summed E-state index contributed by atoms with van der Waals surface area (Å²) in [6.07, 6.45) is 2.34. The third-order valence-electron chi connectivity index (χ3n) is 2.66. The van der Waals surface area contributed by atoms with Gasteiger partial charge in [-0.25, -0.2) is 0 Å². The Morgan fingerprint density at radius 3 is 3.00 bits per heavy atom. The predicted octanol–water partition coefficient (Wildman–Crippen LogP) is 1.86. The number of pyridine rings is 1. The van der Waals surface area contributed by atoms with E-state index in [-0.39, 0.29) is 6.04 Å². The minimum Gasteiger partial charge on any atom is -0.388 e. The lowest BCUT2D eigenvalue weighted by Gasteiger charge is -2.22. The van der Waals surface area contributed by atoms with Gasteiger partial charge in [-0.2, -0.15) is 5.26 Å². The number of nitrogens with zero attached hydrogens (tertiary/aromatic N) is 3. The highest BCUT2D eigenvalue weighted by Crippen LogP contribution is 2.10. The van der Waals surface area contributed by atoms with Crippen LogP contribution >= 0.6 is 0 Å². The van der Waals surface area contributed by atoms with E-state index in [9.17, 15) is 0 Å². The van der Waals surface area contributed by atoms with Crippen LogP contribution in [0.3, 0.4) is 0 Å². The minimum atomic E-state index is 0.255. The van der Waals surface area contributed by atoms with Gasteiger partial charge in [0.05, 0.1) is 18.2 Å². The zero-order chi connectivity index (χ0) is 12.0. The highest BCUT2D eigenvalue weighted by Gasteiger charge is 2.09. The Morgan fingerprint density at radius 2 is 2.38 bits per heavy atom. The summed E-state index contributed by atoms with van der Waals surface area (Å²) in [5, 5.41) is 11.7. The molecule has 0 aromatic carbocycles. The molecule has 1 atom stereocenters. The van der Waals surface area contributed by atoms with Gasteiger partial charge in [0.15, 0.2) is 0 Å². The molecule has 0 amide bonds. The van der Waals surface area contributed by atoms with Gasteiger partial charge in [-0.3, -0.25) is 9.88 Å². The second-order valence-electron chi connectivity index (χ2n) is 3.91. The largest absolute Gasteiger partial charge is 0.388 e. The maximum atomic E-state index is 8.63. The van der Waals surface area contributed by atoms with E-state index < -0.39 is 0 Å². The number of hydrogen-bond acceptors (Lipinski definition) is 4. The molecule has 0 saturated heterocycles. The fourth-order valence-corrected chi connectivity index (χ4v) is 1.42. The third kappa shape index (κ3) is 3.52. The van der Waals surface area contributed by atoms with Crippen molar-refractivity contribution in [2.45, 2.75) is 25.9 Å². The molecule has 0 aliphatic carbocycles. The van der Waals surface area contributed by atoms with Crippen LogP contribution in [0.1, 0.15) is 19.0 Å². The van der Waals surface area contributed by atoms with Crippen molar-refractivity contribution >= 4 is 5.69 Å². The Bertz CT molecular complexity index is 370. The number of nitriles is 1. The first kappa shape index (κ1) is 12.5. The van der Waals surface area contributed by atoms with Crippen LogP contribution in [0.4, 0.5) is 5.69 Å². The number of nitrogens with one attached hydrogen (secondary N) is 1. The first-order valence-electron chi connectivity index (χ1n) is 5.37. The van der Waals surface area contributed by atoms with E-state index in [1.165, 1.54) is 0 Å². The van der Waals surface area contributed by atoms with Crippen molar-refractivity contribution in [2.75, 3.05) is 19.4 Å². The smallest absolute Gasteiger partial charge is 0.0638 e. The van der Waals surface area contributed by atoms with Gasteiger partial charge in [0.1, 0.15) is 0 Å². The summed E-state index contributed by atoms with van der Waals surface area (Å²) in [4.78, 5) is 6.44. The highest BCUT2D eigenvalue weighted by atomic mass is 15.1. The summed E-state index contributed by atoms with van der Waals surface area (Å²) in [5.41, 5.74) is 2.07. The van der Waals surface area contributed by atoms with E-state index in [0.717, 1.165) is 17.9 Å². The molecule has 16 heavy (non-hydrogen) atoms. The fraction of sp³-hybridized carbons (Fsp3) is 0.500. The van der Waals surface area contributed by atoms with Crippen molar-refractivity contribution < 1.29 is 0 Å². The van der Waals surface area contributed by atoms with E-state index in [1.54, 1.807) is 6.20 Å². The first-order valence-corrected chi connectivity index (χ1v) is 5.37. The van der Waals surface area contributed by atoms with Crippen LogP contribution in [-0.4, -0.2) is 30.0 Å². The average molecular weight is 218 g/mol. The summed E-state index contributed by atoms with van der Waals surface area (Å²) < 4.78 is 0. The molecule has 4 nitrogen and oxygen atoms in total. The minimum absolute atomic E-state index is 0.255. The molecule has 0 radical (unpaired) electrons. The fourth-order valence-electron chi connectivity index (χ4n) is 1.42. The van der Waals surface area contributed by atoms with E-state index in [0.29, 0.717) is 6.42 Å². The zero-order valence-corrected chi connectivity index (χ0v) is 10.1. The van der Waals surface area contributed by atoms with Crippen LogP contribution in [0.15, 0.2) is 18.3 Å². The second-order valence-corrected chi connectivity index (χ2v) is 3.91. The third-order valence-corrected chi connectivity index (χ3v) is 2.66. The van der Waals surface area contributed by atoms with E-state index in [4.69, 9.17) is 5.26 Å². The van der Waals surface area contributed by atoms with Gasteiger partial charge in [-0.1, -0.05) is 0 Å². The summed E-state index contributed by atoms with van der Waals surface area (Å²) in [5.74, 6) is 0. The maximum Gasteiger partial charge on any atom is 0.0638 e. The standard InChI is InChI=1S/C12H18N4/c1-10(4-6-13)16(3)9-12-8-11(14-2)5-7-15-12/h5,7-8,10H,4,9H2,1-3H3,(H,14,15). The summed E-state index contributed by atoms with van der Waals surface area (Å²) >= 11 is 0. The molecule has 1 aromatic heterocycles. The first-order chi connectivity index (χ1) is 7.67. The van der Waals surface area contributed by atoms with Crippen LogP contribution in [0.5, 0.6) is 0 Å². The van der Waals surface area contributed by atoms with Gasteiger partial charge in [0.25, 0.3) is 0 Å².